The molecule has 8 heteroatoms. The summed E-state index contributed by atoms with van der Waals surface area (Å²) in [5, 5.41) is 11.4. The maximum absolute atomic E-state index is 14.4. The van der Waals surface area contributed by atoms with Crippen LogP contribution in [0.2, 0.25) is 5.02 Å². The van der Waals surface area contributed by atoms with E-state index < -0.39 is 16.7 Å². The maximum Gasteiger partial charge on any atom is 0.418 e. The van der Waals surface area contributed by atoms with Crippen LogP contribution in [0.15, 0.2) is 78.9 Å². The molecule has 3 aromatic carbocycles. The third-order valence-corrected chi connectivity index (χ3v) is 6.24. The number of thiophene rings is 1. The molecule has 1 aromatic heterocycles. The van der Waals surface area contributed by atoms with Gasteiger partial charge in [0.05, 0.1) is 10.5 Å². The molecule has 156 valence electrons. The number of hydrogen-bond donors (Lipinski definition) is 0. The van der Waals surface area contributed by atoms with E-state index in [1.807, 2.05) is 0 Å². The SMILES string of the molecule is O=[N+]([O-])c1ccc(-c2c(-c3ccccc3)sc(-c3ccc(Cl)cc3)c2C(F)(F)F)cc1. The van der Waals surface area contributed by atoms with Gasteiger partial charge in [0, 0.05) is 32.5 Å². The molecule has 0 aliphatic heterocycles. The van der Waals surface area contributed by atoms with Crippen molar-refractivity contribution in [3.63, 3.8) is 0 Å². The fourth-order valence-electron chi connectivity index (χ4n) is 3.32. The predicted molar refractivity (Wildman–Crippen MR) is 117 cm³/mol. The quantitative estimate of drug-likeness (QED) is 0.227. The fraction of sp³-hybridized carbons (Fsp3) is 0.0435. The van der Waals surface area contributed by atoms with Gasteiger partial charge in [-0.25, -0.2) is 0 Å². The van der Waals surface area contributed by atoms with Crippen LogP contribution in [0.5, 0.6) is 0 Å². The minimum absolute atomic E-state index is 0.00329. The molecular weight excluding hydrogens is 447 g/mol. The molecule has 3 nitrogen and oxygen atoms in total. The first kappa shape index (κ1) is 21.1. The van der Waals surface area contributed by atoms with Crippen LogP contribution in [-0.2, 0) is 6.18 Å². The smallest absolute Gasteiger partial charge is 0.258 e. The zero-order chi connectivity index (χ0) is 22.2. The Morgan fingerprint density at radius 3 is 1.87 bits per heavy atom. The molecule has 0 aliphatic carbocycles. The molecule has 0 amide bonds. The van der Waals surface area contributed by atoms with Crippen molar-refractivity contribution in [1.29, 1.82) is 0 Å². The minimum atomic E-state index is -4.64. The molecule has 0 spiro atoms. The second-order valence-electron chi connectivity index (χ2n) is 6.68. The maximum atomic E-state index is 14.4. The summed E-state index contributed by atoms with van der Waals surface area (Å²) in [4.78, 5) is 10.9. The van der Waals surface area contributed by atoms with Crippen molar-refractivity contribution in [1.82, 2.24) is 0 Å². The van der Waals surface area contributed by atoms with Crippen LogP contribution in [0.3, 0.4) is 0 Å². The number of rotatable bonds is 4. The summed E-state index contributed by atoms with van der Waals surface area (Å²) in [5.74, 6) is 0. The van der Waals surface area contributed by atoms with Crippen molar-refractivity contribution in [2.45, 2.75) is 6.18 Å². The van der Waals surface area contributed by atoms with E-state index in [1.54, 1.807) is 54.6 Å². The van der Waals surface area contributed by atoms with Gasteiger partial charge in [0.15, 0.2) is 0 Å². The number of benzene rings is 3. The Morgan fingerprint density at radius 2 is 1.32 bits per heavy atom. The summed E-state index contributed by atoms with van der Waals surface area (Å²) >= 11 is 6.96. The van der Waals surface area contributed by atoms with E-state index in [-0.39, 0.29) is 21.7 Å². The second-order valence-corrected chi connectivity index (χ2v) is 8.14. The van der Waals surface area contributed by atoms with Gasteiger partial charge in [-0.2, -0.15) is 13.2 Å². The molecule has 0 saturated heterocycles. The Hall–Kier alpha value is -3.16. The lowest BCUT2D eigenvalue weighted by molar-refractivity contribution is -0.384. The molecule has 0 unspecified atom stereocenters. The first-order valence-electron chi connectivity index (χ1n) is 9.06. The number of nitro benzene ring substituents is 1. The van der Waals surface area contributed by atoms with Crippen molar-refractivity contribution in [3.8, 4) is 32.0 Å². The van der Waals surface area contributed by atoms with E-state index in [1.165, 1.54) is 24.3 Å². The Morgan fingerprint density at radius 1 is 0.774 bits per heavy atom. The van der Waals surface area contributed by atoms with Gasteiger partial charge in [-0.15, -0.1) is 11.3 Å². The number of hydrogen-bond acceptors (Lipinski definition) is 3. The van der Waals surface area contributed by atoms with E-state index in [4.69, 9.17) is 11.6 Å². The summed E-state index contributed by atoms with van der Waals surface area (Å²) in [6, 6.07) is 20.1. The summed E-state index contributed by atoms with van der Waals surface area (Å²) in [6.07, 6.45) is -4.64. The number of nitrogens with zero attached hydrogens (tertiary/aromatic N) is 1. The van der Waals surface area contributed by atoms with Gasteiger partial charge in [0.25, 0.3) is 5.69 Å². The molecule has 4 aromatic rings. The van der Waals surface area contributed by atoms with Gasteiger partial charge in [0.1, 0.15) is 0 Å². The molecule has 0 aliphatic rings. The first-order chi connectivity index (χ1) is 14.8. The van der Waals surface area contributed by atoms with E-state index in [0.717, 1.165) is 11.3 Å². The highest BCUT2D eigenvalue weighted by Gasteiger charge is 2.40. The largest absolute Gasteiger partial charge is 0.418 e. The third-order valence-electron chi connectivity index (χ3n) is 4.70. The van der Waals surface area contributed by atoms with Crippen molar-refractivity contribution >= 4 is 28.6 Å². The third kappa shape index (κ3) is 4.19. The Labute approximate surface area is 184 Å². The molecule has 0 radical (unpaired) electrons. The van der Waals surface area contributed by atoms with Crippen LogP contribution >= 0.6 is 22.9 Å². The van der Waals surface area contributed by atoms with Gasteiger partial charge in [-0.1, -0.05) is 54.1 Å². The van der Waals surface area contributed by atoms with E-state index in [0.29, 0.717) is 21.0 Å². The summed E-state index contributed by atoms with van der Waals surface area (Å²) in [6.45, 7) is 0. The lowest BCUT2D eigenvalue weighted by Crippen LogP contribution is -2.07. The lowest BCUT2D eigenvalue weighted by atomic mass is 9.95. The molecule has 1 heterocycles. The average molecular weight is 460 g/mol. The highest BCUT2D eigenvalue weighted by molar-refractivity contribution is 7.19. The van der Waals surface area contributed by atoms with Crippen molar-refractivity contribution < 1.29 is 18.1 Å². The predicted octanol–water partition coefficient (Wildman–Crippen LogP) is 8.33. The number of halogens is 4. The number of nitro groups is 1. The van der Waals surface area contributed by atoms with Gasteiger partial charge in [0.2, 0.25) is 0 Å². The number of non-ortho nitro benzene ring substituents is 1. The fourth-order valence-corrected chi connectivity index (χ4v) is 4.80. The Kier molecular flexibility index (Phi) is 5.56. The van der Waals surface area contributed by atoms with Gasteiger partial charge >= 0.3 is 6.18 Å². The molecule has 0 saturated carbocycles. The van der Waals surface area contributed by atoms with Crippen LogP contribution in [0.25, 0.3) is 32.0 Å². The average Bonchev–Trinajstić information content (AvgIpc) is 3.16. The molecule has 4 rings (SSSR count). The van der Waals surface area contributed by atoms with Crippen LogP contribution in [0.4, 0.5) is 18.9 Å². The normalized spacial score (nSPS) is 11.5. The molecule has 0 bridgehead atoms. The van der Waals surface area contributed by atoms with Crippen molar-refractivity contribution in [2.75, 3.05) is 0 Å². The summed E-state index contributed by atoms with van der Waals surface area (Å²) in [7, 11) is 0. The van der Waals surface area contributed by atoms with Crippen molar-refractivity contribution in [3.05, 3.63) is 99.6 Å². The van der Waals surface area contributed by atoms with Crippen LogP contribution in [-0.4, -0.2) is 4.92 Å². The lowest BCUT2D eigenvalue weighted by Gasteiger charge is -2.13. The van der Waals surface area contributed by atoms with Gasteiger partial charge < -0.3 is 0 Å². The monoisotopic (exact) mass is 459 g/mol. The number of alkyl halides is 3. The molecule has 0 atom stereocenters. The highest BCUT2D eigenvalue weighted by atomic mass is 35.5. The second kappa shape index (κ2) is 8.17. The summed E-state index contributed by atoms with van der Waals surface area (Å²) < 4.78 is 43.1. The zero-order valence-electron chi connectivity index (χ0n) is 15.7. The molecule has 31 heavy (non-hydrogen) atoms. The minimum Gasteiger partial charge on any atom is -0.258 e. The molecule has 0 fully saturated rings. The van der Waals surface area contributed by atoms with E-state index in [2.05, 4.69) is 0 Å². The Balaban J connectivity index is 2.05. The molecule has 0 N–H and O–H groups in total. The van der Waals surface area contributed by atoms with E-state index in [9.17, 15) is 23.3 Å². The Bertz CT molecular complexity index is 1240. The van der Waals surface area contributed by atoms with Crippen molar-refractivity contribution in [2.24, 2.45) is 0 Å². The van der Waals surface area contributed by atoms with Crippen LogP contribution in [0, 0.1) is 10.1 Å². The van der Waals surface area contributed by atoms with Gasteiger partial charge in [-0.05, 0) is 41.0 Å². The zero-order valence-corrected chi connectivity index (χ0v) is 17.3. The topological polar surface area (TPSA) is 43.1 Å². The highest BCUT2D eigenvalue weighted by Crippen LogP contribution is 2.53. The van der Waals surface area contributed by atoms with Gasteiger partial charge in [-0.3, -0.25) is 10.1 Å². The van der Waals surface area contributed by atoms with E-state index >= 15 is 0 Å². The van der Waals surface area contributed by atoms with Crippen LogP contribution in [0.1, 0.15) is 5.56 Å². The molecular formula is C23H13ClF3NO2S. The first-order valence-corrected chi connectivity index (χ1v) is 10.3. The van der Waals surface area contributed by atoms with Crippen LogP contribution < -0.4 is 0 Å². The summed E-state index contributed by atoms with van der Waals surface area (Å²) in [5.41, 5.74) is 0.328. The standard InChI is InChI=1S/C23H13ClF3NO2S/c24-17-10-6-16(7-11-17)22-20(23(25,26)27)19(14-8-12-18(13-9-14)28(29)30)21(31-22)15-4-2-1-3-5-15/h1-13H.